The summed E-state index contributed by atoms with van der Waals surface area (Å²) >= 11 is 0. The molecule has 40 heavy (non-hydrogen) atoms. The van der Waals surface area contributed by atoms with Crippen molar-refractivity contribution in [2.75, 3.05) is 0 Å². The number of alkyl halides is 5. The molecule has 15 heteroatoms. The third-order valence-corrected chi connectivity index (χ3v) is 8.01. The second-order valence-corrected chi connectivity index (χ2v) is 11.0. The minimum atomic E-state index is -4.52. The highest BCUT2D eigenvalue weighted by atomic mass is 19.4. The molecule has 1 aliphatic heterocycles. The van der Waals surface area contributed by atoms with Crippen molar-refractivity contribution in [3.8, 4) is 0 Å². The number of hydrogen-bond acceptors (Lipinski definition) is 7. The van der Waals surface area contributed by atoms with Crippen molar-refractivity contribution >= 4 is 17.5 Å². The molecule has 3 aromatic rings. The number of carbonyl (C=O) groups is 2. The maximum atomic E-state index is 13.9. The molecule has 0 radical (unpaired) electrons. The van der Waals surface area contributed by atoms with Crippen LogP contribution >= 0.6 is 0 Å². The normalized spacial score (nSPS) is 24.3. The van der Waals surface area contributed by atoms with Gasteiger partial charge >= 0.3 is 6.18 Å². The zero-order valence-electron chi connectivity index (χ0n) is 21.1. The van der Waals surface area contributed by atoms with E-state index >= 15 is 0 Å². The third kappa shape index (κ3) is 5.37. The number of halogens is 5. The maximum Gasteiger partial charge on any atom is 0.408 e. The monoisotopic (exact) mass is 567 g/mol. The van der Waals surface area contributed by atoms with Crippen LogP contribution in [0.1, 0.15) is 84.3 Å². The molecule has 0 bridgehead atoms. The number of amides is 2. The van der Waals surface area contributed by atoms with E-state index in [1.165, 1.54) is 10.7 Å². The van der Waals surface area contributed by atoms with Gasteiger partial charge in [-0.1, -0.05) is 5.16 Å². The zero-order chi connectivity index (χ0) is 28.2. The van der Waals surface area contributed by atoms with Crippen molar-refractivity contribution < 1.29 is 36.2 Å². The second-order valence-electron chi connectivity index (χ2n) is 11.0. The summed E-state index contributed by atoms with van der Waals surface area (Å²) in [5.41, 5.74) is 1.79. The topological polar surface area (TPSA) is 127 Å². The summed E-state index contributed by atoms with van der Waals surface area (Å²) in [4.78, 5) is 29.9. The summed E-state index contributed by atoms with van der Waals surface area (Å²) in [6.45, 7) is 0. The Morgan fingerprint density at radius 2 is 1.95 bits per heavy atom. The lowest BCUT2D eigenvalue weighted by atomic mass is 9.81. The second kappa shape index (κ2) is 9.77. The largest absolute Gasteiger partial charge is 0.408 e. The quantitative estimate of drug-likeness (QED) is 0.415. The van der Waals surface area contributed by atoms with Crippen molar-refractivity contribution in [1.82, 2.24) is 35.5 Å². The first-order chi connectivity index (χ1) is 19.0. The van der Waals surface area contributed by atoms with Crippen LogP contribution in [0, 0.1) is 11.8 Å². The summed E-state index contributed by atoms with van der Waals surface area (Å²) in [5.74, 6) is -5.08. The van der Waals surface area contributed by atoms with E-state index in [9.17, 15) is 31.5 Å². The van der Waals surface area contributed by atoms with Crippen molar-refractivity contribution in [3.63, 3.8) is 0 Å². The van der Waals surface area contributed by atoms with Crippen LogP contribution in [0.25, 0.3) is 5.65 Å². The molecule has 0 aromatic carbocycles. The molecule has 2 amide bonds. The van der Waals surface area contributed by atoms with Gasteiger partial charge in [0.15, 0.2) is 11.3 Å². The van der Waals surface area contributed by atoms with Crippen molar-refractivity contribution in [1.29, 1.82) is 0 Å². The van der Waals surface area contributed by atoms with E-state index in [4.69, 9.17) is 4.63 Å². The van der Waals surface area contributed by atoms with Crippen molar-refractivity contribution in [2.24, 2.45) is 11.8 Å². The highest BCUT2D eigenvalue weighted by molar-refractivity contribution is 5.93. The lowest BCUT2D eigenvalue weighted by Gasteiger charge is -2.33. The van der Waals surface area contributed by atoms with E-state index in [1.54, 1.807) is 12.3 Å². The van der Waals surface area contributed by atoms with E-state index in [0.717, 1.165) is 12.8 Å². The molecule has 2 aliphatic carbocycles. The Balaban J connectivity index is 1.24. The zero-order valence-corrected chi connectivity index (χ0v) is 21.1. The van der Waals surface area contributed by atoms with E-state index in [1.807, 2.05) is 5.32 Å². The van der Waals surface area contributed by atoms with Gasteiger partial charge in [0.05, 0.1) is 24.1 Å². The average molecular weight is 568 g/mol. The van der Waals surface area contributed by atoms with Gasteiger partial charge in [0.1, 0.15) is 11.7 Å². The van der Waals surface area contributed by atoms with Crippen LogP contribution in [0.2, 0.25) is 0 Å². The van der Waals surface area contributed by atoms with Gasteiger partial charge in [-0.2, -0.15) is 18.3 Å². The minimum Gasteiger partial charge on any atom is -0.344 e. The number of aromatic nitrogens is 5. The van der Waals surface area contributed by atoms with E-state index in [2.05, 4.69) is 25.7 Å². The van der Waals surface area contributed by atoms with Crippen LogP contribution in [0.15, 0.2) is 23.1 Å². The highest BCUT2D eigenvalue weighted by Gasteiger charge is 2.47. The van der Waals surface area contributed by atoms with Crippen LogP contribution in [0.5, 0.6) is 0 Å². The Bertz CT molecular complexity index is 1420. The van der Waals surface area contributed by atoms with Gasteiger partial charge in [0, 0.05) is 24.7 Å². The maximum absolute atomic E-state index is 13.9. The molecule has 6 rings (SSSR count). The summed E-state index contributed by atoms with van der Waals surface area (Å²) in [6.07, 6.45) is -0.381. The molecule has 1 saturated heterocycles. The number of fused-ring (bicyclic) bond motifs is 1. The van der Waals surface area contributed by atoms with Crippen LogP contribution in [0.3, 0.4) is 0 Å². The van der Waals surface area contributed by atoms with Crippen LogP contribution in [-0.4, -0.2) is 54.9 Å². The van der Waals surface area contributed by atoms with Gasteiger partial charge in [0.2, 0.25) is 11.8 Å². The fourth-order valence-electron chi connectivity index (χ4n) is 5.63. The standard InChI is InChI=1S/C25H26F5N7O3/c26-24(27)5-3-14(4-6-24)19(34-23(39)21-20(13-1-2-13)35-40-36-21)16-11-37-18(32-16)8-12(10-31-37)7-15-9-17(25(28,29)30)33-22(15)38/h8,10-11,13-15,17,19H,1-7,9H2,(H,33,38)(H,34,39)/t15?,17-,19?/m0/s1. The lowest BCUT2D eigenvalue weighted by molar-refractivity contribution is -0.154. The Hall–Kier alpha value is -3.65. The molecular formula is C25H26F5N7O3. The summed E-state index contributed by atoms with van der Waals surface area (Å²) in [6, 6.07) is -0.997. The number of nitrogens with zero attached hydrogens (tertiary/aromatic N) is 5. The smallest absolute Gasteiger partial charge is 0.344 e. The third-order valence-electron chi connectivity index (χ3n) is 8.01. The Morgan fingerprint density at radius 1 is 1.20 bits per heavy atom. The van der Waals surface area contributed by atoms with E-state index < -0.39 is 41.9 Å². The lowest BCUT2D eigenvalue weighted by Crippen LogP contribution is -2.38. The SMILES string of the molecule is O=C(NC(c1cn2ncc(CC3C[C@@H](C(F)(F)F)NC3=O)cc2n1)C1CCC(F)(F)CC1)c1nonc1C1CC1. The molecule has 4 heterocycles. The van der Waals surface area contributed by atoms with Gasteiger partial charge in [-0.3, -0.25) is 9.59 Å². The molecule has 3 atom stereocenters. The van der Waals surface area contributed by atoms with Crippen LogP contribution in [0.4, 0.5) is 22.0 Å². The highest BCUT2D eigenvalue weighted by Crippen LogP contribution is 2.43. The first-order valence-electron chi connectivity index (χ1n) is 13.2. The van der Waals surface area contributed by atoms with Gasteiger partial charge in [0.25, 0.3) is 5.91 Å². The minimum absolute atomic E-state index is 0.0467. The summed E-state index contributed by atoms with van der Waals surface area (Å²) < 4.78 is 73.3. The average Bonchev–Trinajstić information content (AvgIpc) is 3.28. The fourth-order valence-corrected chi connectivity index (χ4v) is 5.63. The number of rotatable bonds is 7. The molecule has 2 unspecified atom stereocenters. The van der Waals surface area contributed by atoms with Gasteiger partial charge < -0.3 is 10.6 Å². The molecular weight excluding hydrogens is 541 g/mol. The van der Waals surface area contributed by atoms with Gasteiger partial charge in [-0.05, 0) is 61.2 Å². The Kier molecular flexibility index (Phi) is 6.49. The molecule has 10 nitrogen and oxygen atoms in total. The van der Waals surface area contributed by atoms with Crippen molar-refractivity contribution in [3.05, 3.63) is 41.1 Å². The first-order valence-corrected chi connectivity index (χ1v) is 13.2. The molecule has 0 spiro atoms. The molecule has 2 N–H and O–H groups in total. The molecule has 2 saturated carbocycles. The van der Waals surface area contributed by atoms with Gasteiger partial charge in [-0.15, -0.1) is 0 Å². The summed E-state index contributed by atoms with van der Waals surface area (Å²) in [5, 5.41) is 16.8. The molecule has 3 fully saturated rings. The first kappa shape index (κ1) is 26.6. The number of carbonyl (C=O) groups excluding carboxylic acids is 2. The van der Waals surface area contributed by atoms with E-state index in [0.29, 0.717) is 22.6 Å². The Morgan fingerprint density at radius 3 is 2.62 bits per heavy atom. The van der Waals surface area contributed by atoms with Crippen molar-refractivity contribution in [2.45, 2.75) is 81.5 Å². The number of hydrogen-bond donors (Lipinski definition) is 2. The fraction of sp³-hybridized carbons (Fsp3) is 0.600. The number of imidazole rings is 1. The number of nitrogens with one attached hydrogen (secondary N) is 2. The van der Waals surface area contributed by atoms with Crippen LogP contribution in [-0.2, 0) is 11.2 Å². The molecule has 3 aromatic heterocycles. The molecule has 3 aliphatic rings. The molecule has 214 valence electrons. The van der Waals surface area contributed by atoms with E-state index in [-0.39, 0.29) is 56.1 Å². The van der Waals surface area contributed by atoms with Crippen LogP contribution < -0.4 is 10.6 Å². The predicted molar refractivity (Wildman–Crippen MR) is 126 cm³/mol. The Labute approximate surface area is 224 Å². The summed E-state index contributed by atoms with van der Waals surface area (Å²) in [7, 11) is 0. The predicted octanol–water partition coefficient (Wildman–Crippen LogP) is 3.90. The van der Waals surface area contributed by atoms with Gasteiger partial charge in [-0.25, -0.2) is 22.9 Å².